The lowest BCUT2D eigenvalue weighted by atomic mass is 9.98. The van der Waals surface area contributed by atoms with Gasteiger partial charge in [0.05, 0.1) is 12.6 Å². The van der Waals surface area contributed by atoms with Crippen LogP contribution in [0.4, 0.5) is 4.79 Å². The number of carboxylic acids is 1. The highest BCUT2D eigenvalue weighted by atomic mass is 16.5. The first-order chi connectivity index (χ1) is 16.8. The Morgan fingerprint density at radius 2 is 1.63 bits per heavy atom. The maximum Gasteiger partial charge on any atom is 0.407 e. The van der Waals surface area contributed by atoms with E-state index in [9.17, 15) is 24.3 Å². The first-order valence-corrected chi connectivity index (χ1v) is 11.5. The molecule has 0 aromatic heterocycles. The van der Waals surface area contributed by atoms with Gasteiger partial charge in [0.2, 0.25) is 5.91 Å². The standard InChI is InChI=1S/C26H28N2O7/c1-34-23(30)11-10-21(24(31)32)27-22(29)14-26(12-13-26)28-25(33)35-15-20-18-8-4-2-6-16(18)17-7-3-5-9-19(17)20/h2-9,20-21H,10-15H2,1H3,(H,27,29)(H,28,33)(H,31,32)/t21-/m1/s1. The fourth-order valence-corrected chi connectivity index (χ4v) is 4.52. The SMILES string of the molecule is COC(=O)CC[C@@H](NC(=O)CC1(NC(=O)OCC2c3ccccc3-c3ccccc32)CC1)C(=O)O. The molecule has 2 aliphatic carbocycles. The van der Waals surface area contributed by atoms with Gasteiger partial charge in [-0.3, -0.25) is 9.59 Å². The largest absolute Gasteiger partial charge is 0.480 e. The van der Waals surface area contributed by atoms with E-state index < -0.39 is 35.5 Å². The Labute approximate surface area is 202 Å². The Hall–Kier alpha value is -3.88. The predicted octanol–water partition coefficient (Wildman–Crippen LogP) is 2.97. The molecule has 0 radical (unpaired) electrons. The summed E-state index contributed by atoms with van der Waals surface area (Å²) in [5, 5.41) is 14.5. The van der Waals surface area contributed by atoms with Gasteiger partial charge < -0.3 is 25.2 Å². The number of carbonyl (C=O) groups excluding carboxylic acids is 3. The van der Waals surface area contributed by atoms with E-state index in [2.05, 4.69) is 27.5 Å². The third kappa shape index (κ3) is 5.62. The molecule has 3 N–H and O–H groups in total. The van der Waals surface area contributed by atoms with Gasteiger partial charge in [0.25, 0.3) is 0 Å². The number of aliphatic carboxylic acids is 1. The van der Waals surface area contributed by atoms with Crippen molar-refractivity contribution in [3.63, 3.8) is 0 Å². The number of alkyl carbamates (subject to hydrolysis) is 1. The van der Waals surface area contributed by atoms with Gasteiger partial charge >= 0.3 is 18.0 Å². The smallest absolute Gasteiger partial charge is 0.407 e. The number of carboxylic acid groups (broad SMARTS) is 1. The summed E-state index contributed by atoms with van der Waals surface area (Å²) in [5.41, 5.74) is 3.72. The van der Waals surface area contributed by atoms with Crippen molar-refractivity contribution >= 4 is 23.9 Å². The maximum absolute atomic E-state index is 12.6. The highest BCUT2D eigenvalue weighted by molar-refractivity contribution is 5.85. The lowest BCUT2D eigenvalue weighted by Crippen LogP contribution is -2.46. The molecule has 1 fully saturated rings. The number of carbonyl (C=O) groups is 4. The number of methoxy groups -OCH3 is 1. The minimum absolute atomic E-state index is 0.0702. The van der Waals surface area contributed by atoms with Crippen molar-refractivity contribution in [3.8, 4) is 11.1 Å². The molecule has 2 amide bonds. The van der Waals surface area contributed by atoms with Crippen LogP contribution in [-0.2, 0) is 23.9 Å². The Morgan fingerprint density at radius 1 is 1.03 bits per heavy atom. The van der Waals surface area contributed by atoms with Crippen molar-refractivity contribution in [2.45, 2.75) is 49.6 Å². The summed E-state index contributed by atoms with van der Waals surface area (Å²) in [6.07, 6.45) is 0.281. The first kappa shape index (κ1) is 24.3. The molecule has 0 unspecified atom stereocenters. The van der Waals surface area contributed by atoms with Crippen molar-refractivity contribution in [2.75, 3.05) is 13.7 Å². The molecule has 35 heavy (non-hydrogen) atoms. The zero-order valence-electron chi connectivity index (χ0n) is 19.4. The highest BCUT2D eigenvalue weighted by Gasteiger charge is 2.46. The van der Waals surface area contributed by atoms with Crippen LogP contribution in [0.15, 0.2) is 48.5 Å². The molecule has 0 saturated heterocycles. The zero-order valence-corrected chi connectivity index (χ0v) is 19.4. The van der Waals surface area contributed by atoms with E-state index in [-0.39, 0.29) is 31.8 Å². The molecule has 0 bridgehead atoms. The average molecular weight is 481 g/mol. The molecule has 0 heterocycles. The number of ether oxygens (including phenoxy) is 2. The number of esters is 1. The number of benzene rings is 2. The zero-order chi connectivity index (χ0) is 25.0. The molecule has 0 spiro atoms. The van der Waals surface area contributed by atoms with E-state index in [0.29, 0.717) is 12.8 Å². The molecule has 2 aromatic rings. The van der Waals surface area contributed by atoms with Crippen molar-refractivity contribution in [3.05, 3.63) is 59.7 Å². The predicted molar refractivity (Wildman–Crippen MR) is 126 cm³/mol. The molecule has 9 nitrogen and oxygen atoms in total. The fraction of sp³-hybridized carbons (Fsp3) is 0.385. The molecule has 1 saturated carbocycles. The van der Waals surface area contributed by atoms with E-state index >= 15 is 0 Å². The lowest BCUT2D eigenvalue weighted by Gasteiger charge is -2.20. The van der Waals surface area contributed by atoms with E-state index in [1.807, 2.05) is 36.4 Å². The van der Waals surface area contributed by atoms with Crippen LogP contribution in [0.1, 0.15) is 49.1 Å². The van der Waals surface area contributed by atoms with Crippen LogP contribution >= 0.6 is 0 Å². The second kappa shape index (κ2) is 10.2. The fourth-order valence-electron chi connectivity index (χ4n) is 4.52. The minimum atomic E-state index is -1.24. The summed E-state index contributed by atoms with van der Waals surface area (Å²) in [5.74, 6) is -2.38. The van der Waals surface area contributed by atoms with Gasteiger partial charge in [-0.25, -0.2) is 9.59 Å². The molecular weight excluding hydrogens is 452 g/mol. The Balaban J connectivity index is 1.30. The number of nitrogens with one attached hydrogen (secondary N) is 2. The van der Waals surface area contributed by atoms with Crippen molar-refractivity contribution in [1.82, 2.24) is 10.6 Å². The van der Waals surface area contributed by atoms with Gasteiger partial charge in [0.15, 0.2) is 0 Å². The van der Waals surface area contributed by atoms with Crippen LogP contribution in [0.25, 0.3) is 11.1 Å². The van der Waals surface area contributed by atoms with Crippen LogP contribution in [0.2, 0.25) is 0 Å². The summed E-state index contributed by atoms with van der Waals surface area (Å²) < 4.78 is 10.1. The Kier molecular flexibility index (Phi) is 7.04. The molecule has 0 aliphatic heterocycles. The topological polar surface area (TPSA) is 131 Å². The third-order valence-corrected chi connectivity index (χ3v) is 6.56. The summed E-state index contributed by atoms with van der Waals surface area (Å²) in [6, 6.07) is 14.9. The monoisotopic (exact) mass is 480 g/mol. The normalized spacial score (nSPS) is 15.8. The molecule has 184 valence electrons. The summed E-state index contributed by atoms with van der Waals surface area (Å²) >= 11 is 0. The van der Waals surface area contributed by atoms with E-state index in [1.165, 1.54) is 7.11 Å². The summed E-state index contributed by atoms with van der Waals surface area (Å²) in [6.45, 7) is 0.163. The molecule has 9 heteroatoms. The van der Waals surface area contributed by atoms with Crippen LogP contribution < -0.4 is 10.6 Å². The first-order valence-electron chi connectivity index (χ1n) is 11.5. The third-order valence-electron chi connectivity index (χ3n) is 6.56. The van der Waals surface area contributed by atoms with E-state index in [4.69, 9.17) is 4.74 Å². The van der Waals surface area contributed by atoms with Crippen molar-refractivity contribution in [1.29, 1.82) is 0 Å². The summed E-state index contributed by atoms with van der Waals surface area (Å²) in [7, 11) is 1.21. The second-order valence-corrected chi connectivity index (χ2v) is 8.98. The average Bonchev–Trinajstić information content (AvgIpc) is 3.51. The number of fused-ring (bicyclic) bond motifs is 3. The number of rotatable bonds is 10. The summed E-state index contributed by atoms with van der Waals surface area (Å²) in [4.78, 5) is 47.8. The quantitative estimate of drug-likeness (QED) is 0.446. The molecule has 1 atom stereocenters. The van der Waals surface area contributed by atoms with E-state index in [1.54, 1.807) is 0 Å². The highest BCUT2D eigenvalue weighted by Crippen LogP contribution is 2.44. The second-order valence-electron chi connectivity index (χ2n) is 8.98. The van der Waals surface area contributed by atoms with Gasteiger partial charge in [-0.1, -0.05) is 48.5 Å². The molecule has 2 aliphatic rings. The molecule has 2 aromatic carbocycles. The Morgan fingerprint density at radius 3 is 2.17 bits per heavy atom. The van der Waals surface area contributed by atoms with Gasteiger partial charge in [0, 0.05) is 18.8 Å². The maximum atomic E-state index is 12.6. The van der Waals surface area contributed by atoms with Gasteiger partial charge in [-0.15, -0.1) is 0 Å². The lowest BCUT2D eigenvalue weighted by molar-refractivity contribution is -0.144. The van der Waals surface area contributed by atoms with Crippen LogP contribution in [0.3, 0.4) is 0 Å². The van der Waals surface area contributed by atoms with Gasteiger partial charge in [0.1, 0.15) is 12.6 Å². The van der Waals surface area contributed by atoms with Crippen LogP contribution in [0, 0.1) is 0 Å². The van der Waals surface area contributed by atoms with Crippen molar-refractivity contribution < 1.29 is 33.8 Å². The number of hydrogen-bond acceptors (Lipinski definition) is 6. The van der Waals surface area contributed by atoms with E-state index in [0.717, 1.165) is 22.3 Å². The minimum Gasteiger partial charge on any atom is -0.480 e. The number of hydrogen-bond donors (Lipinski definition) is 3. The van der Waals surface area contributed by atoms with Gasteiger partial charge in [-0.2, -0.15) is 0 Å². The van der Waals surface area contributed by atoms with Crippen molar-refractivity contribution in [2.24, 2.45) is 0 Å². The van der Waals surface area contributed by atoms with Crippen LogP contribution in [0.5, 0.6) is 0 Å². The van der Waals surface area contributed by atoms with Gasteiger partial charge in [-0.05, 0) is 41.5 Å². The molecular formula is C26H28N2O7. The van der Waals surface area contributed by atoms with Crippen LogP contribution in [-0.4, -0.2) is 54.3 Å². The number of amides is 2. The molecule has 4 rings (SSSR count). The Bertz CT molecular complexity index is 1100.